The first kappa shape index (κ1) is 27.1. The van der Waals surface area contributed by atoms with E-state index in [1.807, 2.05) is 30.3 Å². The summed E-state index contributed by atoms with van der Waals surface area (Å²) in [6.45, 7) is 1.15. The lowest BCUT2D eigenvalue weighted by atomic mass is 10.1. The van der Waals surface area contributed by atoms with Crippen molar-refractivity contribution in [2.24, 2.45) is 0 Å². The van der Waals surface area contributed by atoms with E-state index in [9.17, 15) is 19.2 Å². The van der Waals surface area contributed by atoms with Gasteiger partial charge in [-0.15, -0.1) is 11.3 Å². The fourth-order valence-electron chi connectivity index (χ4n) is 3.87. The molecule has 1 saturated heterocycles. The van der Waals surface area contributed by atoms with Crippen molar-refractivity contribution < 1.29 is 34.1 Å². The van der Waals surface area contributed by atoms with Crippen LogP contribution in [0.4, 0.5) is 4.79 Å². The fourth-order valence-corrected chi connectivity index (χ4v) is 4.98. The summed E-state index contributed by atoms with van der Waals surface area (Å²) in [5.74, 6) is -2.07. The van der Waals surface area contributed by atoms with Crippen LogP contribution in [0.25, 0.3) is 10.6 Å². The Kier molecular flexibility index (Phi) is 9.77. The maximum Gasteiger partial charge on any atom is 0.407 e. The largest absolute Gasteiger partial charge is 0.481 e. The van der Waals surface area contributed by atoms with E-state index < -0.39 is 29.9 Å². The van der Waals surface area contributed by atoms with E-state index in [1.54, 1.807) is 7.11 Å². The number of nitrogens with zero attached hydrogens (tertiary/aromatic N) is 3. The van der Waals surface area contributed by atoms with Gasteiger partial charge in [0.15, 0.2) is 0 Å². The molecule has 1 aliphatic rings. The van der Waals surface area contributed by atoms with Crippen molar-refractivity contribution in [2.45, 2.75) is 31.7 Å². The molecule has 1 aromatic carbocycles. The van der Waals surface area contributed by atoms with Gasteiger partial charge in [0.1, 0.15) is 16.7 Å². The molecule has 0 aliphatic carbocycles. The molecule has 0 radical (unpaired) electrons. The minimum atomic E-state index is -1.09. The molecule has 11 nitrogen and oxygen atoms in total. The van der Waals surface area contributed by atoms with E-state index in [2.05, 4.69) is 10.3 Å². The van der Waals surface area contributed by atoms with Gasteiger partial charge in [0.2, 0.25) is 5.91 Å². The van der Waals surface area contributed by atoms with Crippen molar-refractivity contribution in [3.05, 3.63) is 40.9 Å². The molecule has 0 saturated carbocycles. The van der Waals surface area contributed by atoms with E-state index in [4.69, 9.17) is 14.9 Å². The number of aromatic nitrogens is 1. The lowest BCUT2D eigenvalue weighted by Gasteiger charge is -2.35. The molecule has 0 unspecified atom stereocenters. The quantitative estimate of drug-likeness (QED) is 0.383. The predicted molar refractivity (Wildman–Crippen MR) is 132 cm³/mol. The van der Waals surface area contributed by atoms with Crippen molar-refractivity contribution >= 4 is 35.2 Å². The third-order valence-corrected chi connectivity index (χ3v) is 6.96. The van der Waals surface area contributed by atoms with Crippen LogP contribution in [-0.2, 0) is 20.7 Å². The number of aliphatic carboxylic acids is 1. The van der Waals surface area contributed by atoms with Gasteiger partial charge in [-0.05, 0) is 19.3 Å². The standard InChI is InChI=1S/C24H30N4O7S/c1-35-15-5-8-18-20(26-22(36-18)16-6-3-2-4-7-16)21(31)25-17(9-10-19(29)30)23(32)27-11-13-28(14-12-27)24(33)34/h2-4,6-7,17H,5,8-15H2,1H3,(H,25,31)(H,29,30)(H,33,34)/t17-/m0/s1. The number of thiazole rings is 1. The number of carboxylic acids is 1. The fraction of sp³-hybridized carbons (Fsp3) is 0.458. The van der Waals surface area contributed by atoms with Crippen molar-refractivity contribution in [3.8, 4) is 10.6 Å². The topological polar surface area (TPSA) is 149 Å². The van der Waals surface area contributed by atoms with Crippen LogP contribution in [0.5, 0.6) is 0 Å². The van der Waals surface area contributed by atoms with Gasteiger partial charge in [-0.1, -0.05) is 30.3 Å². The number of hydrogen-bond donors (Lipinski definition) is 3. The zero-order valence-corrected chi connectivity index (χ0v) is 20.8. The predicted octanol–water partition coefficient (Wildman–Crippen LogP) is 2.17. The van der Waals surface area contributed by atoms with Gasteiger partial charge < -0.3 is 30.1 Å². The monoisotopic (exact) mass is 518 g/mol. The molecular formula is C24H30N4O7S. The molecule has 3 rings (SSSR count). The zero-order valence-electron chi connectivity index (χ0n) is 20.0. The molecule has 0 spiro atoms. The van der Waals surface area contributed by atoms with E-state index >= 15 is 0 Å². The van der Waals surface area contributed by atoms with Crippen LogP contribution < -0.4 is 5.32 Å². The Labute approximate surface area is 212 Å². The Balaban J connectivity index is 1.80. The highest BCUT2D eigenvalue weighted by Crippen LogP contribution is 2.29. The summed E-state index contributed by atoms with van der Waals surface area (Å²) in [6, 6.07) is 8.38. The lowest BCUT2D eigenvalue weighted by Crippen LogP contribution is -2.55. The van der Waals surface area contributed by atoms with Crippen molar-refractivity contribution in [2.75, 3.05) is 39.9 Å². The Bertz CT molecular complexity index is 1070. The van der Waals surface area contributed by atoms with Crippen LogP contribution in [0, 0.1) is 0 Å². The molecule has 1 aromatic heterocycles. The molecule has 1 aliphatic heterocycles. The second-order valence-corrected chi connectivity index (χ2v) is 9.39. The number of carboxylic acid groups (broad SMARTS) is 2. The van der Waals surface area contributed by atoms with Crippen LogP contribution >= 0.6 is 11.3 Å². The highest BCUT2D eigenvalue weighted by atomic mass is 32.1. The summed E-state index contributed by atoms with van der Waals surface area (Å²) in [5, 5.41) is 21.7. The SMILES string of the molecule is COCCCc1sc(-c2ccccc2)nc1C(=O)N[C@@H](CCC(=O)O)C(=O)N1CCN(C(=O)O)CC1. The number of carbonyl (C=O) groups is 4. The zero-order chi connectivity index (χ0) is 26.1. The normalized spacial score (nSPS) is 14.4. The van der Waals surface area contributed by atoms with Crippen LogP contribution in [0.2, 0.25) is 0 Å². The second-order valence-electron chi connectivity index (χ2n) is 8.31. The minimum absolute atomic E-state index is 0.0895. The third kappa shape index (κ3) is 7.25. The summed E-state index contributed by atoms with van der Waals surface area (Å²) in [4.78, 5) is 56.9. The number of carbonyl (C=O) groups excluding carboxylic acids is 2. The summed E-state index contributed by atoms with van der Waals surface area (Å²) in [7, 11) is 1.60. The number of piperazine rings is 1. The third-order valence-electron chi connectivity index (χ3n) is 5.80. The number of methoxy groups -OCH3 is 1. The van der Waals surface area contributed by atoms with Crippen molar-refractivity contribution in [1.29, 1.82) is 0 Å². The number of amides is 3. The summed E-state index contributed by atoms with van der Waals surface area (Å²) in [6.07, 6.45) is -0.211. The molecule has 3 N–H and O–H groups in total. The highest BCUT2D eigenvalue weighted by Gasteiger charge is 2.31. The first-order chi connectivity index (χ1) is 17.3. The summed E-state index contributed by atoms with van der Waals surface area (Å²) in [5.41, 5.74) is 1.07. The first-order valence-corrected chi connectivity index (χ1v) is 12.4. The van der Waals surface area contributed by atoms with Gasteiger partial charge in [-0.3, -0.25) is 14.4 Å². The molecule has 1 atom stereocenters. The van der Waals surface area contributed by atoms with Crippen LogP contribution in [-0.4, -0.2) is 94.8 Å². The van der Waals surface area contributed by atoms with E-state index in [0.717, 1.165) is 10.4 Å². The average molecular weight is 519 g/mol. The van der Waals surface area contributed by atoms with E-state index in [1.165, 1.54) is 21.1 Å². The van der Waals surface area contributed by atoms with Crippen molar-refractivity contribution in [3.63, 3.8) is 0 Å². The van der Waals surface area contributed by atoms with Crippen LogP contribution in [0.1, 0.15) is 34.6 Å². The number of nitrogens with one attached hydrogen (secondary N) is 1. The first-order valence-electron chi connectivity index (χ1n) is 11.6. The molecule has 12 heteroatoms. The molecule has 36 heavy (non-hydrogen) atoms. The molecule has 3 amide bonds. The minimum Gasteiger partial charge on any atom is -0.481 e. The lowest BCUT2D eigenvalue weighted by molar-refractivity contribution is -0.138. The molecule has 2 aromatic rings. The maximum atomic E-state index is 13.3. The van der Waals surface area contributed by atoms with Gasteiger partial charge in [0, 0.05) is 56.8 Å². The molecule has 1 fully saturated rings. The summed E-state index contributed by atoms with van der Waals surface area (Å²) >= 11 is 1.40. The Morgan fingerprint density at radius 3 is 2.36 bits per heavy atom. The highest BCUT2D eigenvalue weighted by molar-refractivity contribution is 7.15. The molecule has 194 valence electrons. The molecule has 2 heterocycles. The number of ether oxygens (including phenoxy) is 1. The maximum absolute atomic E-state index is 13.3. The molecule has 0 bridgehead atoms. The number of aryl methyl sites for hydroxylation is 1. The van der Waals surface area contributed by atoms with Crippen molar-refractivity contribution in [1.82, 2.24) is 20.1 Å². The van der Waals surface area contributed by atoms with Gasteiger partial charge in [0.05, 0.1) is 0 Å². The average Bonchev–Trinajstić information content (AvgIpc) is 3.31. The second kappa shape index (κ2) is 13.0. The number of benzene rings is 1. The van der Waals surface area contributed by atoms with Gasteiger partial charge in [-0.25, -0.2) is 9.78 Å². The van der Waals surface area contributed by atoms with E-state index in [0.29, 0.717) is 24.5 Å². The Morgan fingerprint density at radius 2 is 1.75 bits per heavy atom. The molecular weight excluding hydrogens is 488 g/mol. The van der Waals surface area contributed by atoms with Crippen LogP contribution in [0.3, 0.4) is 0 Å². The number of rotatable bonds is 11. The Hall–Kier alpha value is -3.51. The Morgan fingerprint density at radius 1 is 1.08 bits per heavy atom. The van der Waals surface area contributed by atoms with E-state index in [-0.39, 0.29) is 44.7 Å². The van der Waals surface area contributed by atoms with Gasteiger partial charge >= 0.3 is 12.1 Å². The van der Waals surface area contributed by atoms with Gasteiger partial charge in [-0.2, -0.15) is 0 Å². The summed E-state index contributed by atoms with van der Waals surface area (Å²) < 4.78 is 5.13. The smallest absolute Gasteiger partial charge is 0.407 e. The van der Waals surface area contributed by atoms with Crippen LogP contribution in [0.15, 0.2) is 30.3 Å². The number of hydrogen-bond acceptors (Lipinski definition) is 7. The van der Waals surface area contributed by atoms with Gasteiger partial charge in [0.25, 0.3) is 5.91 Å².